The molecule has 0 spiro atoms. The molecule has 2 aromatic rings. The second-order valence-corrected chi connectivity index (χ2v) is 6.99. The first kappa shape index (κ1) is 11.8. The molecule has 1 aromatic carbocycles. The van der Waals surface area contributed by atoms with Gasteiger partial charge in [0.2, 0.25) is 0 Å². The Morgan fingerprint density at radius 3 is 3.06 bits per heavy atom. The highest BCUT2D eigenvalue weighted by atomic mass is 79.9. The number of thiophene rings is 1. The van der Waals surface area contributed by atoms with Crippen molar-refractivity contribution in [2.24, 2.45) is 0 Å². The molecule has 4 heteroatoms. The van der Waals surface area contributed by atoms with E-state index in [9.17, 15) is 0 Å². The molecular weight excluding hydrogens is 314 g/mol. The lowest BCUT2D eigenvalue weighted by molar-refractivity contribution is 0.588. The molecule has 2 heterocycles. The van der Waals surface area contributed by atoms with Gasteiger partial charge in [-0.05, 0) is 33.6 Å². The van der Waals surface area contributed by atoms with Crippen LogP contribution in [-0.4, -0.2) is 5.75 Å². The molecule has 0 fully saturated rings. The van der Waals surface area contributed by atoms with Crippen LogP contribution in [0.1, 0.15) is 16.5 Å². The molecule has 1 aliphatic rings. The zero-order valence-corrected chi connectivity index (χ0v) is 12.4. The molecule has 0 saturated carbocycles. The minimum Gasteiger partial charge on any atom is -0.304 e. The first-order valence-electron chi connectivity index (χ1n) is 5.51. The van der Waals surface area contributed by atoms with E-state index in [-0.39, 0.29) is 0 Å². The molecule has 0 amide bonds. The van der Waals surface area contributed by atoms with Gasteiger partial charge in [0.15, 0.2) is 0 Å². The lowest BCUT2D eigenvalue weighted by atomic mass is 10.1. The lowest BCUT2D eigenvalue weighted by Gasteiger charge is -2.12. The molecule has 3 rings (SSSR count). The van der Waals surface area contributed by atoms with E-state index in [1.807, 2.05) is 11.8 Å². The number of nitrogens with one attached hydrogen (secondary N) is 1. The third-order valence-electron chi connectivity index (χ3n) is 2.84. The minimum absolute atomic E-state index is 0.497. The second kappa shape index (κ2) is 5.14. The Labute approximate surface area is 118 Å². The average molecular weight is 326 g/mol. The number of benzene rings is 1. The molecule has 0 aliphatic carbocycles. The molecule has 1 aliphatic heterocycles. The van der Waals surface area contributed by atoms with Crippen molar-refractivity contribution in [3.63, 3.8) is 0 Å². The monoisotopic (exact) mass is 325 g/mol. The van der Waals surface area contributed by atoms with E-state index in [0.717, 1.165) is 12.3 Å². The van der Waals surface area contributed by atoms with Gasteiger partial charge in [0.1, 0.15) is 0 Å². The van der Waals surface area contributed by atoms with Crippen LogP contribution in [-0.2, 0) is 6.54 Å². The van der Waals surface area contributed by atoms with Crippen molar-refractivity contribution in [2.45, 2.75) is 17.5 Å². The summed E-state index contributed by atoms with van der Waals surface area (Å²) in [7, 11) is 0. The zero-order valence-electron chi connectivity index (χ0n) is 9.15. The maximum absolute atomic E-state index is 3.64. The van der Waals surface area contributed by atoms with Gasteiger partial charge in [-0.1, -0.05) is 18.2 Å². The van der Waals surface area contributed by atoms with Crippen LogP contribution in [0.4, 0.5) is 0 Å². The Kier molecular flexibility index (Phi) is 3.56. The van der Waals surface area contributed by atoms with Gasteiger partial charge in [0.05, 0.1) is 0 Å². The molecule has 1 atom stereocenters. The van der Waals surface area contributed by atoms with Crippen LogP contribution >= 0.6 is 39.0 Å². The summed E-state index contributed by atoms with van der Waals surface area (Å²) in [4.78, 5) is 2.81. The van der Waals surface area contributed by atoms with E-state index >= 15 is 0 Å². The number of thioether (sulfide) groups is 1. The Balaban J connectivity index is 1.68. The van der Waals surface area contributed by atoms with Crippen molar-refractivity contribution in [3.05, 3.63) is 50.6 Å². The molecule has 17 heavy (non-hydrogen) atoms. The first-order valence-corrected chi connectivity index (χ1v) is 8.17. The van der Waals surface area contributed by atoms with Crippen LogP contribution < -0.4 is 5.32 Å². The Morgan fingerprint density at radius 2 is 2.24 bits per heavy atom. The largest absolute Gasteiger partial charge is 0.304 e. The Hall–Kier alpha value is -0.290. The third kappa shape index (κ3) is 2.60. The summed E-state index contributed by atoms with van der Waals surface area (Å²) in [6.45, 7) is 0.954. The van der Waals surface area contributed by atoms with Gasteiger partial charge < -0.3 is 5.32 Å². The van der Waals surface area contributed by atoms with Gasteiger partial charge in [-0.3, -0.25) is 0 Å². The van der Waals surface area contributed by atoms with Gasteiger partial charge in [-0.25, -0.2) is 0 Å². The number of halogens is 1. The highest BCUT2D eigenvalue weighted by Gasteiger charge is 2.21. The quantitative estimate of drug-likeness (QED) is 0.894. The molecule has 1 N–H and O–H groups in total. The maximum atomic E-state index is 3.64. The lowest BCUT2D eigenvalue weighted by Crippen LogP contribution is -2.19. The van der Waals surface area contributed by atoms with Crippen LogP contribution in [0.15, 0.2) is 45.1 Å². The van der Waals surface area contributed by atoms with Crippen molar-refractivity contribution in [1.82, 2.24) is 5.32 Å². The van der Waals surface area contributed by atoms with Crippen molar-refractivity contribution in [1.29, 1.82) is 0 Å². The van der Waals surface area contributed by atoms with Crippen LogP contribution in [0.25, 0.3) is 0 Å². The van der Waals surface area contributed by atoms with Gasteiger partial charge in [-0.2, -0.15) is 0 Å². The number of fused-ring (bicyclic) bond motifs is 1. The SMILES string of the molecule is Brc1csc(CNC2CSc3ccccc32)c1. The van der Waals surface area contributed by atoms with E-state index in [4.69, 9.17) is 0 Å². The third-order valence-corrected chi connectivity index (χ3v) is 5.72. The van der Waals surface area contributed by atoms with Gasteiger partial charge >= 0.3 is 0 Å². The number of hydrogen-bond donors (Lipinski definition) is 1. The van der Waals surface area contributed by atoms with Crippen LogP contribution in [0, 0.1) is 0 Å². The molecule has 1 unspecified atom stereocenters. The predicted octanol–water partition coefficient (Wildman–Crippen LogP) is 4.45. The van der Waals surface area contributed by atoms with Crippen LogP contribution in [0.5, 0.6) is 0 Å². The van der Waals surface area contributed by atoms with Gasteiger partial charge in [0.25, 0.3) is 0 Å². The normalized spacial score (nSPS) is 18.3. The molecule has 1 nitrogen and oxygen atoms in total. The summed E-state index contributed by atoms with van der Waals surface area (Å²) >= 11 is 7.24. The number of rotatable bonds is 3. The summed E-state index contributed by atoms with van der Waals surface area (Å²) in [5.41, 5.74) is 1.45. The zero-order chi connectivity index (χ0) is 11.7. The van der Waals surface area contributed by atoms with Crippen molar-refractivity contribution in [3.8, 4) is 0 Å². The average Bonchev–Trinajstić information content (AvgIpc) is 2.93. The summed E-state index contributed by atoms with van der Waals surface area (Å²) in [5, 5.41) is 5.77. The predicted molar refractivity (Wildman–Crippen MR) is 78.8 cm³/mol. The molecular formula is C13H12BrNS2. The smallest absolute Gasteiger partial charge is 0.0429 e. The van der Waals surface area contributed by atoms with Crippen molar-refractivity contribution < 1.29 is 0 Å². The van der Waals surface area contributed by atoms with E-state index in [2.05, 4.69) is 57.0 Å². The molecule has 1 aromatic heterocycles. The standard InChI is InChI=1S/C13H12BrNS2/c14-9-5-10(16-7-9)6-15-12-8-17-13-4-2-1-3-11(12)13/h1-5,7,12,15H,6,8H2. The highest BCUT2D eigenvalue weighted by Crippen LogP contribution is 2.37. The van der Waals surface area contributed by atoms with E-state index in [1.54, 1.807) is 11.3 Å². The summed E-state index contributed by atoms with van der Waals surface area (Å²) in [5.74, 6) is 1.14. The summed E-state index contributed by atoms with van der Waals surface area (Å²) in [6.07, 6.45) is 0. The number of hydrogen-bond acceptors (Lipinski definition) is 3. The fraction of sp³-hybridized carbons (Fsp3) is 0.231. The van der Waals surface area contributed by atoms with Crippen molar-refractivity contribution >= 4 is 39.0 Å². The van der Waals surface area contributed by atoms with E-state index in [1.165, 1.54) is 19.8 Å². The summed E-state index contributed by atoms with van der Waals surface area (Å²) in [6, 6.07) is 11.4. The molecule has 0 saturated heterocycles. The molecule has 0 bridgehead atoms. The maximum Gasteiger partial charge on any atom is 0.0429 e. The van der Waals surface area contributed by atoms with Crippen LogP contribution in [0.2, 0.25) is 0 Å². The first-order chi connectivity index (χ1) is 8.33. The highest BCUT2D eigenvalue weighted by molar-refractivity contribution is 9.10. The van der Waals surface area contributed by atoms with Crippen LogP contribution in [0.3, 0.4) is 0 Å². The van der Waals surface area contributed by atoms with Gasteiger partial charge in [0, 0.05) is 38.0 Å². The van der Waals surface area contributed by atoms with E-state index < -0.39 is 0 Å². The minimum atomic E-state index is 0.497. The Bertz CT molecular complexity index is 524. The second-order valence-electron chi connectivity index (χ2n) is 4.01. The summed E-state index contributed by atoms with van der Waals surface area (Å²) < 4.78 is 1.18. The molecule has 88 valence electrons. The topological polar surface area (TPSA) is 12.0 Å². The molecule has 0 radical (unpaired) electrons. The fourth-order valence-corrected chi connectivity index (χ4v) is 4.60. The Morgan fingerprint density at radius 1 is 1.35 bits per heavy atom. The van der Waals surface area contributed by atoms with Gasteiger partial charge in [-0.15, -0.1) is 23.1 Å². The van der Waals surface area contributed by atoms with Crippen molar-refractivity contribution in [2.75, 3.05) is 5.75 Å². The fourth-order valence-electron chi connectivity index (χ4n) is 2.00. The van der Waals surface area contributed by atoms with E-state index in [0.29, 0.717) is 6.04 Å².